The van der Waals surface area contributed by atoms with E-state index in [0.717, 1.165) is 6.26 Å². The minimum atomic E-state index is -4.76. The molecule has 34 heavy (non-hydrogen) atoms. The molecule has 0 saturated carbocycles. The van der Waals surface area contributed by atoms with E-state index in [0.29, 0.717) is 54.8 Å². The highest BCUT2D eigenvalue weighted by Gasteiger charge is 2.31. The van der Waals surface area contributed by atoms with E-state index in [1.54, 1.807) is 24.3 Å². The molecule has 0 atom stereocenters. The first-order chi connectivity index (χ1) is 16.1. The van der Waals surface area contributed by atoms with Crippen molar-refractivity contribution in [2.75, 3.05) is 42.8 Å². The molecule has 0 radical (unpaired) electrons. The molecule has 4 rings (SSSR count). The van der Waals surface area contributed by atoms with Crippen LogP contribution in [0.2, 0.25) is 0 Å². The van der Waals surface area contributed by atoms with Crippen molar-refractivity contribution in [3.8, 4) is 17.0 Å². The Morgan fingerprint density at radius 2 is 1.71 bits per heavy atom. The summed E-state index contributed by atoms with van der Waals surface area (Å²) < 4.78 is 70.6. The first-order valence-corrected chi connectivity index (χ1v) is 12.2. The van der Waals surface area contributed by atoms with Gasteiger partial charge in [-0.1, -0.05) is 12.1 Å². The van der Waals surface area contributed by atoms with Crippen LogP contribution in [0.5, 0.6) is 5.75 Å². The van der Waals surface area contributed by atoms with Crippen molar-refractivity contribution in [2.24, 2.45) is 0 Å². The lowest BCUT2D eigenvalue weighted by Gasteiger charge is -2.28. The number of aromatic nitrogens is 1. The molecule has 180 valence electrons. The Labute approximate surface area is 195 Å². The molecule has 11 heteroatoms. The Kier molecular flexibility index (Phi) is 6.67. The number of halogens is 3. The van der Waals surface area contributed by atoms with Crippen LogP contribution in [0.4, 0.5) is 30.4 Å². The van der Waals surface area contributed by atoms with Gasteiger partial charge in [-0.15, -0.1) is 13.2 Å². The van der Waals surface area contributed by atoms with Gasteiger partial charge in [-0.25, -0.2) is 13.4 Å². The highest BCUT2D eigenvalue weighted by molar-refractivity contribution is 7.90. The molecule has 7 nitrogen and oxygen atoms in total. The predicted octanol–water partition coefficient (Wildman–Crippen LogP) is 4.63. The second kappa shape index (κ2) is 9.51. The second-order valence-electron chi connectivity index (χ2n) is 7.70. The monoisotopic (exact) mass is 493 g/mol. The zero-order valence-corrected chi connectivity index (χ0v) is 19.0. The van der Waals surface area contributed by atoms with E-state index in [4.69, 9.17) is 9.72 Å². The van der Waals surface area contributed by atoms with Gasteiger partial charge < -0.3 is 19.7 Å². The molecule has 1 aromatic heterocycles. The van der Waals surface area contributed by atoms with Crippen molar-refractivity contribution in [1.29, 1.82) is 0 Å². The van der Waals surface area contributed by atoms with Crippen molar-refractivity contribution in [3.63, 3.8) is 0 Å². The average Bonchev–Trinajstić information content (AvgIpc) is 2.79. The molecule has 0 spiro atoms. The number of hydrogen-bond acceptors (Lipinski definition) is 7. The molecule has 1 N–H and O–H groups in total. The van der Waals surface area contributed by atoms with Crippen LogP contribution in [-0.2, 0) is 14.6 Å². The molecule has 0 aliphatic carbocycles. The maximum absolute atomic E-state index is 12.4. The Morgan fingerprint density at radius 3 is 2.35 bits per heavy atom. The molecule has 1 saturated heterocycles. The summed E-state index contributed by atoms with van der Waals surface area (Å²) in [4.78, 5) is 6.97. The van der Waals surface area contributed by atoms with Gasteiger partial charge in [-0.3, -0.25) is 0 Å². The fraction of sp³-hybridized carbons (Fsp3) is 0.261. The third-order valence-corrected chi connectivity index (χ3v) is 6.19. The number of pyridine rings is 1. The lowest BCUT2D eigenvalue weighted by Crippen LogP contribution is -2.36. The number of nitrogens with zero attached hydrogens (tertiary/aromatic N) is 2. The molecule has 2 heterocycles. The van der Waals surface area contributed by atoms with Crippen LogP contribution in [0.1, 0.15) is 0 Å². The van der Waals surface area contributed by atoms with E-state index in [1.165, 1.54) is 30.3 Å². The zero-order valence-electron chi connectivity index (χ0n) is 18.2. The first kappa shape index (κ1) is 23.8. The van der Waals surface area contributed by atoms with Gasteiger partial charge in [0.1, 0.15) is 11.6 Å². The van der Waals surface area contributed by atoms with Crippen molar-refractivity contribution in [3.05, 3.63) is 60.7 Å². The maximum Gasteiger partial charge on any atom is 0.573 e. The fourth-order valence-corrected chi connectivity index (χ4v) is 4.15. The lowest BCUT2D eigenvalue weighted by molar-refractivity contribution is -0.274. The number of rotatable bonds is 6. The normalized spacial score (nSPS) is 14.6. The zero-order chi connectivity index (χ0) is 24.3. The van der Waals surface area contributed by atoms with Gasteiger partial charge in [-0.05, 0) is 42.5 Å². The molecular formula is C23H22F3N3O4S. The molecule has 3 aromatic rings. The number of alkyl halides is 3. The van der Waals surface area contributed by atoms with Gasteiger partial charge in [0.15, 0.2) is 9.84 Å². The molecule has 1 fully saturated rings. The van der Waals surface area contributed by atoms with E-state index in [2.05, 4.69) is 15.0 Å². The summed E-state index contributed by atoms with van der Waals surface area (Å²) in [6, 6.07) is 15.5. The minimum absolute atomic E-state index is 0.179. The van der Waals surface area contributed by atoms with Crippen LogP contribution in [0.25, 0.3) is 11.3 Å². The Bertz CT molecular complexity index is 1260. The third kappa shape index (κ3) is 6.17. The predicted molar refractivity (Wildman–Crippen MR) is 122 cm³/mol. The van der Waals surface area contributed by atoms with Gasteiger partial charge in [-0.2, -0.15) is 0 Å². The number of ether oxygens (including phenoxy) is 2. The van der Waals surface area contributed by atoms with Crippen LogP contribution >= 0.6 is 0 Å². The van der Waals surface area contributed by atoms with Crippen LogP contribution < -0.4 is 15.0 Å². The van der Waals surface area contributed by atoms with Crippen LogP contribution in [0, 0.1) is 0 Å². The van der Waals surface area contributed by atoms with Gasteiger partial charge in [0.2, 0.25) is 0 Å². The summed E-state index contributed by atoms with van der Waals surface area (Å²) in [7, 11) is -3.40. The fourth-order valence-electron chi connectivity index (χ4n) is 3.48. The van der Waals surface area contributed by atoms with Gasteiger partial charge in [0, 0.05) is 42.3 Å². The summed E-state index contributed by atoms with van der Waals surface area (Å²) in [6.07, 6.45) is -3.62. The largest absolute Gasteiger partial charge is 0.573 e. The Balaban J connectivity index is 1.68. The van der Waals surface area contributed by atoms with E-state index in [9.17, 15) is 21.6 Å². The summed E-state index contributed by atoms with van der Waals surface area (Å²) in [5.74, 6) is 0.352. The maximum atomic E-state index is 12.4. The topological polar surface area (TPSA) is 80.8 Å². The summed E-state index contributed by atoms with van der Waals surface area (Å²) in [5, 5.41) is 3.18. The Hall–Kier alpha value is -3.31. The minimum Gasteiger partial charge on any atom is -0.406 e. The van der Waals surface area contributed by atoms with E-state index >= 15 is 0 Å². The lowest BCUT2D eigenvalue weighted by atomic mass is 10.1. The SMILES string of the molecule is CS(=O)(=O)c1cccc(-c2cc(Nc3ccc(OC(F)(F)F)cc3)cc(N3CCOCC3)n2)c1. The summed E-state index contributed by atoms with van der Waals surface area (Å²) >= 11 is 0. The third-order valence-electron chi connectivity index (χ3n) is 5.08. The average molecular weight is 494 g/mol. The molecule has 1 aliphatic rings. The molecule has 0 unspecified atom stereocenters. The van der Waals surface area contributed by atoms with Crippen molar-refractivity contribution >= 4 is 27.0 Å². The summed E-state index contributed by atoms with van der Waals surface area (Å²) in [5.41, 5.74) is 2.36. The van der Waals surface area contributed by atoms with Crippen molar-refractivity contribution in [1.82, 2.24) is 4.98 Å². The standard InChI is InChI=1S/C23H22F3N3O4S/c1-34(30,31)20-4-2-3-16(13-20)21-14-18(15-22(28-21)29-9-11-32-12-10-29)27-17-5-7-19(8-6-17)33-23(24,25)26/h2-8,13-15H,9-12H2,1H3,(H,27,28). The van der Waals surface area contributed by atoms with Gasteiger partial charge >= 0.3 is 6.36 Å². The van der Waals surface area contributed by atoms with E-state index in [-0.39, 0.29) is 10.6 Å². The number of benzene rings is 2. The first-order valence-electron chi connectivity index (χ1n) is 10.3. The Morgan fingerprint density at radius 1 is 1.00 bits per heavy atom. The highest BCUT2D eigenvalue weighted by atomic mass is 32.2. The molecule has 1 aliphatic heterocycles. The van der Waals surface area contributed by atoms with Crippen molar-refractivity contribution < 1.29 is 31.1 Å². The van der Waals surface area contributed by atoms with Crippen LogP contribution in [0.3, 0.4) is 0 Å². The molecule has 2 aromatic carbocycles. The van der Waals surface area contributed by atoms with Gasteiger partial charge in [0.05, 0.1) is 23.8 Å². The quantitative estimate of drug-likeness (QED) is 0.536. The number of morpholine rings is 1. The number of sulfone groups is 1. The summed E-state index contributed by atoms with van der Waals surface area (Å²) in [6.45, 7) is 2.39. The van der Waals surface area contributed by atoms with Crippen LogP contribution in [0.15, 0.2) is 65.6 Å². The van der Waals surface area contributed by atoms with Crippen LogP contribution in [-0.4, -0.2) is 52.3 Å². The van der Waals surface area contributed by atoms with Crippen molar-refractivity contribution in [2.45, 2.75) is 11.3 Å². The van der Waals surface area contributed by atoms with Gasteiger partial charge in [0.25, 0.3) is 0 Å². The second-order valence-corrected chi connectivity index (χ2v) is 9.71. The van der Waals surface area contributed by atoms with E-state index < -0.39 is 16.2 Å². The number of nitrogens with one attached hydrogen (secondary N) is 1. The molecule has 0 bridgehead atoms. The number of anilines is 3. The number of hydrogen-bond donors (Lipinski definition) is 1. The van der Waals surface area contributed by atoms with E-state index in [1.807, 2.05) is 6.07 Å². The molecular weight excluding hydrogens is 471 g/mol. The smallest absolute Gasteiger partial charge is 0.406 e. The highest BCUT2D eigenvalue weighted by Crippen LogP contribution is 2.30. The molecule has 0 amide bonds.